The van der Waals surface area contributed by atoms with E-state index >= 15 is 0 Å². The van der Waals surface area contributed by atoms with Crippen molar-refractivity contribution in [2.75, 3.05) is 0 Å². The first-order valence-electron chi connectivity index (χ1n) is 6.10. The summed E-state index contributed by atoms with van der Waals surface area (Å²) in [7, 11) is 0. The maximum atomic E-state index is 11.6. The lowest BCUT2D eigenvalue weighted by atomic mass is 10.1. The Labute approximate surface area is 112 Å². The number of aryl methyl sites for hydroxylation is 1. The molecule has 1 amide bonds. The molecule has 0 aliphatic rings. The minimum atomic E-state index is -0.0887. The van der Waals surface area contributed by atoms with Gasteiger partial charge in [-0.05, 0) is 29.7 Å². The minimum absolute atomic E-state index is 0.0887. The van der Waals surface area contributed by atoms with Crippen molar-refractivity contribution in [3.63, 3.8) is 0 Å². The molecular weight excluding hydrogens is 238 g/mol. The Hall–Kier alpha value is -2.49. The number of carbonyl (C=O) groups excluding carboxylic acids is 1. The van der Waals surface area contributed by atoms with E-state index in [1.165, 1.54) is 0 Å². The van der Waals surface area contributed by atoms with Crippen LogP contribution in [-0.2, 0) is 11.2 Å². The summed E-state index contributed by atoms with van der Waals surface area (Å²) in [5.74, 6) is -0.0887. The number of pyridine rings is 1. The van der Waals surface area contributed by atoms with E-state index in [-0.39, 0.29) is 5.91 Å². The number of nitrogens with zero attached hydrogens (tertiary/aromatic N) is 2. The maximum Gasteiger partial charge on any atom is 0.240 e. The van der Waals surface area contributed by atoms with Crippen LogP contribution in [0.25, 0.3) is 0 Å². The molecule has 1 aromatic heterocycles. The molecule has 0 atom stereocenters. The standard InChI is InChI=1S/C15H15N3O/c19-15(7-6-13-4-2-1-3-5-13)18-17-12-14-8-10-16-11-9-14/h1-5,8-12H,6-7H2,(H,18,19). The predicted octanol–water partition coefficient (Wildman–Crippen LogP) is 2.16. The molecule has 4 heteroatoms. The molecule has 0 aliphatic carbocycles. The number of hydrazone groups is 1. The van der Waals surface area contributed by atoms with E-state index < -0.39 is 0 Å². The van der Waals surface area contributed by atoms with Crippen molar-refractivity contribution in [1.82, 2.24) is 10.4 Å². The van der Waals surface area contributed by atoms with E-state index in [0.717, 1.165) is 17.5 Å². The molecule has 0 fully saturated rings. The highest BCUT2D eigenvalue weighted by molar-refractivity contribution is 5.82. The summed E-state index contributed by atoms with van der Waals surface area (Å²) < 4.78 is 0. The highest BCUT2D eigenvalue weighted by atomic mass is 16.2. The second kappa shape index (κ2) is 7.06. The van der Waals surface area contributed by atoms with Gasteiger partial charge in [-0.1, -0.05) is 30.3 Å². The van der Waals surface area contributed by atoms with E-state index in [2.05, 4.69) is 15.5 Å². The van der Waals surface area contributed by atoms with Gasteiger partial charge in [0.1, 0.15) is 0 Å². The zero-order valence-corrected chi connectivity index (χ0v) is 10.5. The zero-order valence-electron chi connectivity index (χ0n) is 10.5. The Morgan fingerprint density at radius 3 is 2.63 bits per heavy atom. The lowest BCUT2D eigenvalue weighted by Crippen LogP contribution is -2.17. The van der Waals surface area contributed by atoms with Crippen LogP contribution in [-0.4, -0.2) is 17.1 Å². The third kappa shape index (κ3) is 4.71. The molecule has 0 saturated heterocycles. The molecule has 0 unspecified atom stereocenters. The SMILES string of the molecule is O=C(CCc1ccccc1)NN=Cc1ccncc1. The van der Waals surface area contributed by atoms with Crippen molar-refractivity contribution >= 4 is 12.1 Å². The number of rotatable bonds is 5. The minimum Gasteiger partial charge on any atom is -0.273 e. The van der Waals surface area contributed by atoms with E-state index in [1.807, 2.05) is 42.5 Å². The second-order valence-corrected chi connectivity index (χ2v) is 4.06. The molecule has 1 aromatic carbocycles. The van der Waals surface area contributed by atoms with Crippen molar-refractivity contribution in [3.8, 4) is 0 Å². The van der Waals surface area contributed by atoms with E-state index in [9.17, 15) is 4.79 Å². The zero-order chi connectivity index (χ0) is 13.3. The summed E-state index contributed by atoms with van der Waals surface area (Å²) in [5, 5.41) is 3.90. The lowest BCUT2D eigenvalue weighted by molar-refractivity contribution is -0.121. The number of hydrogen-bond donors (Lipinski definition) is 1. The van der Waals surface area contributed by atoms with Gasteiger partial charge in [0.05, 0.1) is 6.21 Å². The molecule has 0 bridgehead atoms. The Bertz CT molecular complexity index is 538. The molecule has 2 rings (SSSR count). The number of benzene rings is 1. The van der Waals surface area contributed by atoms with Gasteiger partial charge >= 0.3 is 0 Å². The van der Waals surface area contributed by atoms with Crippen LogP contribution in [0, 0.1) is 0 Å². The molecule has 0 spiro atoms. The molecule has 19 heavy (non-hydrogen) atoms. The van der Waals surface area contributed by atoms with Gasteiger partial charge in [-0.3, -0.25) is 9.78 Å². The van der Waals surface area contributed by atoms with Gasteiger partial charge in [-0.15, -0.1) is 0 Å². The second-order valence-electron chi connectivity index (χ2n) is 4.06. The van der Waals surface area contributed by atoms with Crippen LogP contribution in [0.3, 0.4) is 0 Å². The lowest BCUT2D eigenvalue weighted by Gasteiger charge is -2.00. The summed E-state index contributed by atoms with van der Waals surface area (Å²) in [5.41, 5.74) is 4.56. The quantitative estimate of drug-likeness (QED) is 0.655. The summed E-state index contributed by atoms with van der Waals surface area (Å²) in [6.07, 6.45) is 6.11. The van der Waals surface area contributed by atoms with Gasteiger partial charge in [0.2, 0.25) is 5.91 Å². The molecule has 1 N–H and O–H groups in total. The largest absolute Gasteiger partial charge is 0.273 e. The number of aromatic nitrogens is 1. The van der Waals surface area contributed by atoms with Gasteiger partial charge in [0, 0.05) is 18.8 Å². The predicted molar refractivity (Wildman–Crippen MR) is 74.7 cm³/mol. The average Bonchev–Trinajstić information content (AvgIpc) is 2.47. The van der Waals surface area contributed by atoms with Gasteiger partial charge in [0.15, 0.2) is 0 Å². The molecular formula is C15H15N3O. The molecule has 0 saturated carbocycles. The Morgan fingerprint density at radius 2 is 1.89 bits per heavy atom. The van der Waals surface area contributed by atoms with Crippen molar-refractivity contribution in [1.29, 1.82) is 0 Å². The third-order valence-corrected chi connectivity index (χ3v) is 2.59. The normalized spacial score (nSPS) is 10.5. The number of nitrogens with one attached hydrogen (secondary N) is 1. The molecule has 96 valence electrons. The summed E-state index contributed by atoms with van der Waals surface area (Å²) in [6, 6.07) is 13.5. The number of carbonyl (C=O) groups is 1. The first-order valence-corrected chi connectivity index (χ1v) is 6.10. The van der Waals surface area contributed by atoms with Crippen LogP contribution in [0.2, 0.25) is 0 Å². The fourth-order valence-electron chi connectivity index (χ4n) is 1.59. The van der Waals surface area contributed by atoms with Crippen LogP contribution < -0.4 is 5.43 Å². The Morgan fingerprint density at radius 1 is 1.16 bits per heavy atom. The fourth-order valence-corrected chi connectivity index (χ4v) is 1.59. The Kier molecular flexibility index (Phi) is 4.81. The topological polar surface area (TPSA) is 54.4 Å². The molecule has 2 aromatic rings. The molecule has 0 aliphatic heterocycles. The monoisotopic (exact) mass is 253 g/mol. The number of hydrogen-bond acceptors (Lipinski definition) is 3. The summed E-state index contributed by atoms with van der Waals surface area (Å²) in [4.78, 5) is 15.5. The van der Waals surface area contributed by atoms with Gasteiger partial charge in [-0.2, -0.15) is 5.10 Å². The maximum absolute atomic E-state index is 11.6. The van der Waals surface area contributed by atoms with Gasteiger partial charge in [0.25, 0.3) is 0 Å². The van der Waals surface area contributed by atoms with Crippen molar-refractivity contribution in [3.05, 3.63) is 66.0 Å². The molecule has 1 heterocycles. The van der Waals surface area contributed by atoms with Gasteiger partial charge in [-0.25, -0.2) is 5.43 Å². The average molecular weight is 253 g/mol. The van der Waals surface area contributed by atoms with Crippen molar-refractivity contribution in [2.45, 2.75) is 12.8 Å². The van der Waals surface area contributed by atoms with E-state index in [0.29, 0.717) is 6.42 Å². The summed E-state index contributed by atoms with van der Waals surface area (Å²) in [6.45, 7) is 0. The van der Waals surface area contributed by atoms with Crippen molar-refractivity contribution < 1.29 is 4.79 Å². The number of amides is 1. The van der Waals surface area contributed by atoms with Crippen LogP contribution in [0.5, 0.6) is 0 Å². The summed E-state index contributed by atoms with van der Waals surface area (Å²) >= 11 is 0. The van der Waals surface area contributed by atoms with Crippen LogP contribution in [0.4, 0.5) is 0 Å². The molecule has 4 nitrogen and oxygen atoms in total. The highest BCUT2D eigenvalue weighted by Crippen LogP contribution is 2.01. The van der Waals surface area contributed by atoms with Crippen LogP contribution in [0.1, 0.15) is 17.5 Å². The van der Waals surface area contributed by atoms with Gasteiger partial charge < -0.3 is 0 Å². The fraction of sp³-hybridized carbons (Fsp3) is 0.133. The van der Waals surface area contributed by atoms with Crippen LogP contribution >= 0.6 is 0 Å². The van der Waals surface area contributed by atoms with Crippen LogP contribution in [0.15, 0.2) is 60.0 Å². The highest BCUT2D eigenvalue weighted by Gasteiger charge is 2.00. The smallest absolute Gasteiger partial charge is 0.240 e. The first kappa shape index (κ1) is 13.0. The van der Waals surface area contributed by atoms with Crippen molar-refractivity contribution in [2.24, 2.45) is 5.10 Å². The Balaban J connectivity index is 1.75. The van der Waals surface area contributed by atoms with E-state index in [1.54, 1.807) is 18.6 Å². The van der Waals surface area contributed by atoms with E-state index in [4.69, 9.17) is 0 Å². The molecule has 0 radical (unpaired) electrons. The first-order chi connectivity index (χ1) is 9.34. The third-order valence-electron chi connectivity index (χ3n) is 2.59.